The Hall–Kier alpha value is -3.87. The second kappa shape index (κ2) is 9.56. The largest absolute Gasteiger partial charge is 0.496 e. The molecule has 3 aromatic rings. The van der Waals surface area contributed by atoms with E-state index in [1.807, 2.05) is 6.92 Å². The van der Waals surface area contributed by atoms with Crippen molar-refractivity contribution in [2.75, 3.05) is 24.4 Å². The number of nitrogens with one attached hydrogen (secondary N) is 2. The van der Waals surface area contributed by atoms with Crippen molar-refractivity contribution >= 4 is 23.2 Å². The van der Waals surface area contributed by atoms with E-state index in [1.165, 1.54) is 19.2 Å². The molecule has 0 fully saturated rings. The summed E-state index contributed by atoms with van der Waals surface area (Å²) in [5.41, 5.74) is 1.60. The fourth-order valence-corrected chi connectivity index (χ4v) is 2.77. The third-order valence-electron chi connectivity index (χ3n) is 4.23. The Morgan fingerprint density at radius 1 is 0.867 bits per heavy atom. The van der Waals surface area contributed by atoms with Gasteiger partial charge >= 0.3 is 0 Å². The summed E-state index contributed by atoms with van der Waals surface area (Å²) in [4.78, 5) is 24.8. The number of halogens is 1. The molecule has 0 atom stereocenters. The van der Waals surface area contributed by atoms with E-state index in [2.05, 4.69) is 10.6 Å². The molecule has 0 heterocycles. The van der Waals surface area contributed by atoms with E-state index in [0.717, 1.165) is 11.8 Å². The van der Waals surface area contributed by atoms with Gasteiger partial charge in [-0.2, -0.15) is 0 Å². The van der Waals surface area contributed by atoms with Crippen molar-refractivity contribution in [2.24, 2.45) is 0 Å². The highest BCUT2D eigenvalue weighted by molar-refractivity contribution is 6.07. The molecular weight excluding hydrogens is 387 g/mol. The van der Waals surface area contributed by atoms with Gasteiger partial charge in [0, 0.05) is 16.9 Å². The first-order chi connectivity index (χ1) is 14.5. The van der Waals surface area contributed by atoms with E-state index < -0.39 is 11.7 Å². The van der Waals surface area contributed by atoms with Crippen LogP contribution in [0.1, 0.15) is 27.6 Å². The number of anilines is 2. The zero-order valence-electron chi connectivity index (χ0n) is 16.6. The van der Waals surface area contributed by atoms with E-state index in [-0.39, 0.29) is 17.2 Å². The minimum Gasteiger partial charge on any atom is -0.496 e. The molecule has 0 aromatic heterocycles. The summed E-state index contributed by atoms with van der Waals surface area (Å²) >= 11 is 0. The highest BCUT2D eigenvalue weighted by atomic mass is 19.1. The average Bonchev–Trinajstić information content (AvgIpc) is 2.75. The fourth-order valence-electron chi connectivity index (χ4n) is 2.77. The highest BCUT2D eigenvalue weighted by Crippen LogP contribution is 2.21. The van der Waals surface area contributed by atoms with Gasteiger partial charge in [0.05, 0.1) is 19.3 Å². The Bertz CT molecular complexity index is 1030. The maximum absolute atomic E-state index is 13.5. The lowest BCUT2D eigenvalue weighted by Crippen LogP contribution is -2.14. The minimum absolute atomic E-state index is 0.0785. The van der Waals surface area contributed by atoms with Gasteiger partial charge < -0.3 is 20.1 Å². The number of methoxy groups -OCH3 is 1. The van der Waals surface area contributed by atoms with Crippen molar-refractivity contribution in [3.05, 3.63) is 83.7 Å². The Morgan fingerprint density at radius 2 is 1.47 bits per heavy atom. The van der Waals surface area contributed by atoms with Crippen molar-refractivity contribution in [2.45, 2.75) is 6.92 Å². The number of hydrogen-bond donors (Lipinski definition) is 2. The summed E-state index contributed by atoms with van der Waals surface area (Å²) in [6, 6.07) is 17.1. The molecule has 0 bridgehead atoms. The molecule has 0 radical (unpaired) electrons. The van der Waals surface area contributed by atoms with E-state index in [4.69, 9.17) is 9.47 Å². The van der Waals surface area contributed by atoms with Crippen LogP contribution in [-0.4, -0.2) is 25.5 Å². The molecule has 0 aliphatic heterocycles. The number of hydrogen-bond acceptors (Lipinski definition) is 4. The lowest BCUT2D eigenvalue weighted by Gasteiger charge is -2.10. The maximum Gasteiger partial charge on any atom is 0.259 e. The predicted octanol–water partition coefficient (Wildman–Crippen LogP) is 4.74. The number of rotatable bonds is 7. The van der Waals surface area contributed by atoms with Crippen LogP contribution < -0.4 is 20.1 Å². The number of benzene rings is 3. The number of carbonyl (C=O) groups excluding carboxylic acids is 2. The smallest absolute Gasteiger partial charge is 0.259 e. The summed E-state index contributed by atoms with van der Waals surface area (Å²) in [6.07, 6.45) is 0. The van der Waals surface area contributed by atoms with Gasteiger partial charge in [-0.05, 0) is 73.7 Å². The average molecular weight is 408 g/mol. The van der Waals surface area contributed by atoms with Crippen LogP contribution in [0.3, 0.4) is 0 Å². The fraction of sp³-hybridized carbons (Fsp3) is 0.130. The van der Waals surface area contributed by atoms with Crippen LogP contribution in [0.15, 0.2) is 66.7 Å². The monoisotopic (exact) mass is 408 g/mol. The molecule has 154 valence electrons. The molecule has 3 rings (SSSR count). The van der Waals surface area contributed by atoms with Crippen molar-refractivity contribution in [1.29, 1.82) is 0 Å². The van der Waals surface area contributed by atoms with Crippen molar-refractivity contribution in [1.82, 2.24) is 0 Å². The Labute approximate surface area is 173 Å². The van der Waals surface area contributed by atoms with Crippen LogP contribution in [0.25, 0.3) is 0 Å². The zero-order chi connectivity index (χ0) is 21.5. The molecule has 0 spiro atoms. The van der Waals surface area contributed by atoms with Crippen LogP contribution in [0.5, 0.6) is 11.5 Å². The summed E-state index contributed by atoms with van der Waals surface area (Å²) in [5, 5.41) is 5.46. The van der Waals surface area contributed by atoms with Gasteiger partial charge in [-0.25, -0.2) is 4.39 Å². The lowest BCUT2D eigenvalue weighted by molar-refractivity contribution is 0.101. The van der Waals surface area contributed by atoms with Crippen LogP contribution in [0, 0.1) is 5.82 Å². The number of carbonyl (C=O) groups is 2. The zero-order valence-corrected chi connectivity index (χ0v) is 16.6. The number of ether oxygens (including phenoxy) is 2. The second-order valence-electron chi connectivity index (χ2n) is 6.29. The van der Waals surface area contributed by atoms with E-state index >= 15 is 0 Å². The topological polar surface area (TPSA) is 76.7 Å². The van der Waals surface area contributed by atoms with Crippen LogP contribution >= 0.6 is 0 Å². The van der Waals surface area contributed by atoms with Crippen molar-refractivity contribution in [3.8, 4) is 11.5 Å². The molecule has 0 aliphatic carbocycles. The van der Waals surface area contributed by atoms with Gasteiger partial charge in [0.2, 0.25) is 0 Å². The van der Waals surface area contributed by atoms with E-state index in [1.54, 1.807) is 48.5 Å². The molecule has 2 N–H and O–H groups in total. The van der Waals surface area contributed by atoms with Gasteiger partial charge in [-0.15, -0.1) is 0 Å². The van der Waals surface area contributed by atoms with Crippen molar-refractivity contribution in [3.63, 3.8) is 0 Å². The predicted molar refractivity (Wildman–Crippen MR) is 113 cm³/mol. The third kappa shape index (κ3) is 5.14. The minimum atomic E-state index is -0.540. The Balaban J connectivity index is 1.65. The second-order valence-corrected chi connectivity index (χ2v) is 6.29. The summed E-state index contributed by atoms with van der Waals surface area (Å²) < 4.78 is 23.9. The molecule has 7 heteroatoms. The van der Waals surface area contributed by atoms with Crippen molar-refractivity contribution < 1.29 is 23.5 Å². The van der Waals surface area contributed by atoms with Gasteiger partial charge in [-0.1, -0.05) is 0 Å². The first-order valence-corrected chi connectivity index (χ1v) is 9.29. The summed E-state index contributed by atoms with van der Waals surface area (Å²) in [6.45, 7) is 2.47. The molecule has 0 saturated carbocycles. The molecule has 0 saturated heterocycles. The standard InChI is InChI=1S/C23H21FN2O4/c1-3-30-19-11-9-18(10-12-19)25-22(27)15-4-7-17(8-5-15)26-23(28)20-14-16(24)6-13-21(20)29-2/h4-14H,3H2,1-2H3,(H,25,27)(H,26,28). The molecule has 2 amide bonds. The first kappa shape index (κ1) is 20.9. The van der Waals surface area contributed by atoms with Gasteiger partial charge in [-0.3, -0.25) is 9.59 Å². The molecule has 0 aliphatic rings. The van der Waals surface area contributed by atoms with E-state index in [9.17, 15) is 14.0 Å². The third-order valence-corrected chi connectivity index (χ3v) is 4.23. The van der Waals surface area contributed by atoms with Gasteiger partial charge in [0.25, 0.3) is 11.8 Å². The van der Waals surface area contributed by atoms with Gasteiger partial charge in [0.15, 0.2) is 0 Å². The van der Waals surface area contributed by atoms with E-state index in [0.29, 0.717) is 23.5 Å². The maximum atomic E-state index is 13.5. The Morgan fingerprint density at radius 3 is 2.07 bits per heavy atom. The quantitative estimate of drug-likeness (QED) is 0.592. The first-order valence-electron chi connectivity index (χ1n) is 9.29. The van der Waals surface area contributed by atoms with Crippen LogP contribution in [0.2, 0.25) is 0 Å². The normalized spacial score (nSPS) is 10.2. The molecule has 30 heavy (non-hydrogen) atoms. The highest BCUT2D eigenvalue weighted by Gasteiger charge is 2.14. The summed E-state index contributed by atoms with van der Waals surface area (Å²) in [5.74, 6) is -0.352. The molecule has 3 aromatic carbocycles. The summed E-state index contributed by atoms with van der Waals surface area (Å²) in [7, 11) is 1.40. The van der Waals surface area contributed by atoms with Gasteiger partial charge in [0.1, 0.15) is 17.3 Å². The lowest BCUT2D eigenvalue weighted by atomic mass is 10.1. The van der Waals surface area contributed by atoms with Crippen LogP contribution in [-0.2, 0) is 0 Å². The molecule has 0 unspecified atom stereocenters. The number of amides is 2. The van der Waals surface area contributed by atoms with Crippen LogP contribution in [0.4, 0.5) is 15.8 Å². The Kier molecular flexibility index (Phi) is 6.64. The molecular formula is C23H21FN2O4. The SMILES string of the molecule is CCOc1ccc(NC(=O)c2ccc(NC(=O)c3cc(F)ccc3OC)cc2)cc1. The molecule has 6 nitrogen and oxygen atoms in total.